The van der Waals surface area contributed by atoms with E-state index in [1.54, 1.807) is 0 Å². The number of carbonyl (C=O) groups is 1. The summed E-state index contributed by atoms with van der Waals surface area (Å²) in [5.41, 5.74) is -0.260. The zero-order chi connectivity index (χ0) is 19.4. The number of hydrogen-bond acceptors (Lipinski definition) is 3. The SMILES string of the molecule is O=C(NC1CCC(O)(c2ccccc2)CC1)c1ccc(F)cc1OC(F)F. The van der Waals surface area contributed by atoms with Crippen LogP contribution in [0.15, 0.2) is 48.5 Å². The Hall–Kier alpha value is -2.54. The summed E-state index contributed by atoms with van der Waals surface area (Å²) < 4.78 is 42.5. The van der Waals surface area contributed by atoms with Gasteiger partial charge in [-0.2, -0.15) is 8.78 Å². The van der Waals surface area contributed by atoms with Gasteiger partial charge in [-0.1, -0.05) is 30.3 Å². The average Bonchev–Trinajstić information content (AvgIpc) is 2.64. The number of ether oxygens (including phenoxy) is 1. The van der Waals surface area contributed by atoms with Gasteiger partial charge in [0.1, 0.15) is 11.6 Å². The largest absolute Gasteiger partial charge is 0.434 e. The van der Waals surface area contributed by atoms with Crippen LogP contribution in [-0.4, -0.2) is 23.7 Å². The third-order valence-electron chi connectivity index (χ3n) is 4.86. The number of rotatable bonds is 5. The van der Waals surface area contributed by atoms with E-state index in [-0.39, 0.29) is 11.6 Å². The van der Waals surface area contributed by atoms with Crippen molar-refractivity contribution in [3.63, 3.8) is 0 Å². The fourth-order valence-corrected chi connectivity index (χ4v) is 3.42. The van der Waals surface area contributed by atoms with Crippen LogP contribution in [0.1, 0.15) is 41.6 Å². The number of alkyl halides is 2. The van der Waals surface area contributed by atoms with Crippen molar-refractivity contribution >= 4 is 5.91 Å². The lowest BCUT2D eigenvalue weighted by atomic mass is 9.77. The summed E-state index contributed by atoms with van der Waals surface area (Å²) in [6.45, 7) is -3.16. The van der Waals surface area contributed by atoms with Crippen LogP contribution < -0.4 is 10.1 Å². The number of nitrogens with one attached hydrogen (secondary N) is 1. The third-order valence-corrected chi connectivity index (χ3v) is 4.86. The number of benzene rings is 2. The first-order chi connectivity index (χ1) is 12.9. The minimum atomic E-state index is -3.16. The predicted molar refractivity (Wildman–Crippen MR) is 93.1 cm³/mol. The molecule has 0 aromatic heterocycles. The molecule has 2 N–H and O–H groups in total. The highest BCUT2D eigenvalue weighted by atomic mass is 19.3. The molecule has 0 heterocycles. The maximum Gasteiger partial charge on any atom is 0.387 e. The Kier molecular flexibility index (Phi) is 5.70. The topological polar surface area (TPSA) is 58.6 Å². The number of aliphatic hydroxyl groups is 1. The first-order valence-electron chi connectivity index (χ1n) is 8.70. The minimum Gasteiger partial charge on any atom is -0.434 e. The van der Waals surface area contributed by atoms with Crippen molar-refractivity contribution < 1.29 is 27.8 Å². The molecular formula is C20H20F3NO3. The quantitative estimate of drug-likeness (QED) is 0.826. The highest BCUT2D eigenvalue weighted by molar-refractivity contribution is 5.97. The monoisotopic (exact) mass is 379 g/mol. The molecule has 3 rings (SSSR count). The molecule has 2 aromatic rings. The highest BCUT2D eigenvalue weighted by Gasteiger charge is 2.35. The Morgan fingerprint density at radius 2 is 1.81 bits per heavy atom. The molecule has 2 aromatic carbocycles. The minimum absolute atomic E-state index is 0.152. The number of hydrogen-bond donors (Lipinski definition) is 2. The van der Waals surface area contributed by atoms with Crippen molar-refractivity contribution in [2.75, 3.05) is 0 Å². The summed E-state index contributed by atoms with van der Waals surface area (Å²) in [6, 6.07) is 12.0. The van der Waals surface area contributed by atoms with Crippen LogP contribution in [-0.2, 0) is 5.60 Å². The van der Waals surface area contributed by atoms with E-state index < -0.39 is 29.7 Å². The van der Waals surface area contributed by atoms with Crippen LogP contribution in [0, 0.1) is 5.82 Å². The molecule has 1 aliphatic carbocycles. The molecule has 0 atom stereocenters. The van der Waals surface area contributed by atoms with Gasteiger partial charge in [-0.25, -0.2) is 4.39 Å². The summed E-state index contributed by atoms with van der Waals surface area (Å²) >= 11 is 0. The summed E-state index contributed by atoms with van der Waals surface area (Å²) in [5, 5.41) is 13.6. The van der Waals surface area contributed by atoms with Crippen LogP contribution in [0.3, 0.4) is 0 Å². The second-order valence-electron chi connectivity index (χ2n) is 6.66. The van der Waals surface area contributed by atoms with E-state index in [9.17, 15) is 23.1 Å². The van der Waals surface area contributed by atoms with Gasteiger partial charge >= 0.3 is 6.61 Å². The van der Waals surface area contributed by atoms with E-state index in [2.05, 4.69) is 10.1 Å². The van der Waals surface area contributed by atoms with Crippen LogP contribution >= 0.6 is 0 Å². The van der Waals surface area contributed by atoms with E-state index in [1.165, 1.54) is 0 Å². The van der Waals surface area contributed by atoms with Gasteiger partial charge in [-0.05, 0) is 43.4 Å². The Morgan fingerprint density at radius 3 is 2.44 bits per heavy atom. The van der Waals surface area contributed by atoms with Gasteiger partial charge in [0.25, 0.3) is 5.91 Å². The molecule has 0 radical (unpaired) electrons. The predicted octanol–water partition coefficient (Wildman–Crippen LogP) is 3.99. The fourth-order valence-electron chi connectivity index (χ4n) is 3.42. The Labute approximate surface area is 155 Å². The van der Waals surface area contributed by atoms with Gasteiger partial charge in [0.05, 0.1) is 11.2 Å². The summed E-state index contributed by atoms with van der Waals surface area (Å²) in [5.74, 6) is -1.88. The maximum absolute atomic E-state index is 13.3. The van der Waals surface area contributed by atoms with E-state index in [0.717, 1.165) is 23.8 Å². The molecule has 0 spiro atoms. The van der Waals surface area contributed by atoms with E-state index >= 15 is 0 Å². The average molecular weight is 379 g/mol. The number of amides is 1. The van der Waals surface area contributed by atoms with Gasteiger partial charge in [0.2, 0.25) is 0 Å². The van der Waals surface area contributed by atoms with Crippen molar-refractivity contribution in [1.82, 2.24) is 5.32 Å². The van der Waals surface area contributed by atoms with Crippen molar-refractivity contribution in [3.8, 4) is 5.75 Å². The summed E-state index contributed by atoms with van der Waals surface area (Å²) in [4.78, 5) is 12.4. The fraction of sp³-hybridized carbons (Fsp3) is 0.350. The zero-order valence-electron chi connectivity index (χ0n) is 14.5. The summed E-state index contributed by atoms with van der Waals surface area (Å²) in [7, 11) is 0. The molecule has 4 nitrogen and oxygen atoms in total. The first-order valence-corrected chi connectivity index (χ1v) is 8.70. The molecule has 1 saturated carbocycles. The molecule has 0 saturated heterocycles. The molecule has 0 aliphatic heterocycles. The van der Waals surface area contributed by atoms with Crippen LogP contribution in [0.5, 0.6) is 5.75 Å². The molecule has 1 aliphatic rings. The molecule has 144 valence electrons. The van der Waals surface area contributed by atoms with Crippen molar-refractivity contribution in [1.29, 1.82) is 0 Å². The van der Waals surface area contributed by atoms with Crippen molar-refractivity contribution in [3.05, 3.63) is 65.5 Å². The standard InChI is InChI=1S/C20H20F3NO3/c21-14-6-7-16(17(12-14)27-19(22)23)18(25)24-15-8-10-20(26,11-9-15)13-4-2-1-3-5-13/h1-7,12,15,19,26H,8-11H2,(H,24,25). The molecule has 1 amide bonds. The lowest BCUT2D eigenvalue weighted by molar-refractivity contribution is -0.0503. The molecule has 0 bridgehead atoms. The highest BCUT2D eigenvalue weighted by Crippen LogP contribution is 2.37. The van der Waals surface area contributed by atoms with Crippen molar-refractivity contribution in [2.45, 2.75) is 43.9 Å². The molecule has 1 fully saturated rings. The molecule has 27 heavy (non-hydrogen) atoms. The Morgan fingerprint density at radius 1 is 1.15 bits per heavy atom. The van der Waals surface area contributed by atoms with Gasteiger partial charge in [-0.15, -0.1) is 0 Å². The van der Waals surface area contributed by atoms with Crippen LogP contribution in [0.25, 0.3) is 0 Å². The van der Waals surface area contributed by atoms with Gasteiger partial charge in [0, 0.05) is 12.1 Å². The zero-order valence-corrected chi connectivity index (χ0v) is 14.5. The van der Waals surface area contributed by atoms with E-state index in [0.29, 0.717) is 25.7 Å². The van der Waals surface area contributed by atoms with Gasteiger partial charge < -0.3 is 15.2 Å². The molecule has 0 unspecified atom stereocenters. The molecular weight excluding hydrogens is 359 g/mol. The first kappa shape index (κ1) is 19.2. The van der Waals surface area contributed by atoms with Crippen LogP contribution in [0.4, 0.5) is 13.2 Å². The smallest absolute Gasteiger partial charge is 0.387 e. The van der Waals surface area contributed by atoms with Crippen molar-refractivity contribution in [2.24, 2.45) is 0 Å². The Balaban J connectivity index is 1.65. The van der Waals surface area contributed by atoms with Crippen LogP contribution in [0.2, 0.25) is 0 Å². The Bertz CT molecular complexity index is 790. The van der Waals surface area contributed by atoms with E-state index in [4.69, 9.17) is 0 Å². The number of halogens is 3. The second kappa shape index (κ2) is 8.00. The second-order valence-corrected chi connectivity index (χ2v) is 6.66. The van der Waals surface area contributed by atoms with Gasteiger partial charge in [0.15, 0.2) is 0 Å². The lowest BCUT2D eigenvalue weighted by Gasteiger charge is -2.36. The van der Waals surface area contributed by atoms with Gasteiger partial charge in [-0.3, -0.25) is 4.79 Å². The van der Waals surface area contributed by atoms with E-state index in [1.807, 2.05) is 30.3 Å². The maximum atomic E-state index is 13.3. The normalized spacial score (nSPS) is 22.5. The third kappa shape index (κ3) is 4.60. The lowest BCUT2D eigenvalue weighted by Crippen LogP contribution is -2.42. The number of carbonyl (C=O) groups excluding carboxylic acids is 1. The molecule has 7 heteroatoms. The summed E-state index contributed by atoms with van der Waals surface area (Å²) in [6.07, 6.45) is 1.99.